The molecule has 10 heteroatoms. The van der Waals surface area contributed by atoms with E-state index in [2.05, 4.69) is 0 Å². The lowest BCUT2D eigenvalue weighted by Crippen LogP contribution is -2.83. The van der Waals surface area contributed by atoms with Crippen molar-refractivity contribution in [1.29, 1.82) is 0 Å². The van der Waals surface area contributed by atoms with Crippen LogP contribution < -0.4 is 5.73 Å². The Kier molecular flexibility index (Phi) is 5.71. The van der Waals surface area contributed by atoms with Crippen LogP contribution in [0, 0.1) is 40.4 Å². The molecule has 10 nitrogen and oxygen atoms in total. The summed E-state index contributed by atoms with van der Waals surface area (Å²) in [5.41, 5.74) is -0.779. The number of nitrogens with two attached hydrogens (primary N) is 1. The monoisotopic (exact) mass is 503 g/mol. The number of hydrogen-bond acceptors (Lipinski definition) is 8. The molecule has 0 radical (unpaired) electrons. The molecule has 4 rings (SSSR count). The van der Waals surface area contributed by atoms with E-state index >= 15 is 0 Å². The number of carboxylic acid groups (broad SMARTS) is 1. The SMILES string of the molecule is CC(C)[C@H]1C(O)[C@@H](C(N)=O)C(=O)[C@]2(O)C(O)[C@H]3C(=O)c4c(O)cccc4[C@@H](C)[C@]3(C)[C@@H](C(=O)O)[C@]12C. The van der Waals surface area contributed by atoms with E-state index in [1.807, 2.05) is 0 Å². The lowest BCUT2D eigenvalue weighted by molar-refractivity contribution is -0.289. The number of primary amides is 1. The number of carboxylic acids is 1. The number of fused-ring (bicyclic) bond motifs is 3. The summed E-state index contributed by atoms with van der Waals surface area (Å²) in [5, 5.41) is 56.3. The fourth-order valence-electron chi connectivity index (χ4n) is 8.29. The number of aliphatic hydroxyl groups is 3. The van der Waals surface area contributed by atoms with E-state index in [0.29, 0.717) is 5.56 Å². The predicted octanol–water partition coefficient (Wildman–Crippen LogP) is 0.445. The standard InChI is InChI=1S/C26H33NO9/c1-9(2)15-18(30)14(22(27)33)20(31)26(36)21(32)16-17(29)13-11(7-6-8-12(13)28)10(3)24(16,4)19(23(34)35)25(15,26)5/h6-10,14-16,18-19,21,28,30,32,36H,1-5H3,(H2,27,33)(H,34,35)/t10-,14-,15+,16-,18?,19-,21?,24+,25+,26+/m1/s1. The lowest BCUT2D eigenvalue weighted by atomic mass is 9.34. The zero-order chi connectivity index (χ0) is 27.3. The average molecular weight is 504 g/mol. The zero-order valence-electron chi connectivity index (χ0n) is 20.8. The van der Waals surface area contributed by atoms with Crippen LogP contribution in [0.2, 0.25) is 0 Å². The number of ketones is 2. The summed E-state index contributed by atoms with van der Waals surface area (Å²) in [7, 11) is 0. The highest BCUT2D eigenvalue weighted by Crippen LogP contribution is 2.70. The molecule has 2 unspecified atom stereocenters. The van der Waals surface area contributed by atoms with Gasteiger partial charge in [-0.1, -0.05) is 46.8 Å². The van der Waals surface area contributed by atoms with Crippen molar-refractivity contribution in [3.63, 3.8) is 0 Å². The Morgan fingerprint density at radius 2 is 1.69 bits per heavy atom. The number of amides is 1. The topological polar surface area (TPSA) is 195 Å². The van der Waals surface area contributed by atoms with Crippen molar-refractivity contribution >= 4 is 23.4 Å². The second kappa shape index (κ2) is 7.84. The number of hydrogen-bond donors (Lipinski definition) is 6. The number of rotatable bonds is 3. The molecule has 2 fully saturated rings. The van der Waals surface area contributed by atoms with E-state index in [4.69, 9.17) is 5.73 Å². The largest absolute Gasteiger partial charge is 0.507 e. The molecule has 1 aromatic carbocycles. The number of phenolic OH excluding ortho intramolecular Hbond substituents is 1. The van der Waals surface area contributed by atoms with Crippen LogP contribution in [-0.4, -0.2) is 66.8 Å². The molecule has 3 aliphatic rings. The van der Waals surface area contributed by atoms with Crippen LogP contribution in [0.25, 0.3) is 0 Å². The van der Waals surface area contributed by atoms with Crippen molar-refractivity contribution < 1.29 is 44.7 Å². The summed E-state index contributed by atoms with van der Waals surface area (Å²) >= 11 is 0. The molecule has 1 aromatic rings. The quantitative estimate of drug-likeness (QED) is 0.317. The third kappa shape index (κ3) is 2.72. The molecule has 7 N–H and O–H groups in total. The minimum absolute atomic E-state index is 0.113. The normalized spacial score (nSPS) is 44.0. The van der Waals surface area contributed by atoms with E-state index in [1.54, 1.807) is 26.8 Å². The molecule has 3 aliphatic carbocycles. The third-order valence-electron chi connectivity index (χ3n) is 9.79. The first kappa shape index (κ1) is 26.2. The molecule has 10 atom stereocenters. The molecule has 1 amide bonds. The van der Waals surface area contributed by atoms with Gasteiger partial charge in [0.2, 0.25) is 5.91 Å². The summed E-state index contributed by atoms with van der Waals surface area (Å²) in [4.78, 5) is 53.0. The van der Waals surface area contributed by atoms with Crippen molar-refractivity contribution in [1.82, 2.24) is 0 Å². The Bertz CT molecular complexity index is 1180. The molecule has 196 valence electrons. The van der Waals surface area contributed by atoms with Gasteiger partial charge in [0.05, 0.1) is 23.5 Å². The summed E-state index contributed by atoms with van der Waals surface area (Å²) in [6.45, 7) is 7.82. The van der Waals surface area contributed by atoms with E-state index in [1.165, 1.54) is 26.0 Å². The van der Waals surface area contributed by atoms with Crippen LogP contribution in [0.1, 0.15) is 56.5 Å². The Labute approximate surface area is 208 Å². The lowest BCUT2D eigenvalue weighted by Gasteiger charge is -2.69. The zero-order valence-corrected chi connectivity index (χ0v) is 20.8. The van der Waals surface area contributed by atoms with Gasteiger partial charge in [0.1, 0.15) is 17.8 Å². The van der Waals surface area contributed by atoms with E-state index in [0.717, 1.165) is 0 Å². The van der Waals surface area contributed by atoms with Crippen LogP contribution in [0.3, 0.4) is 0 Å². The van der Waals surface area contributed by atoms with Gasteiger partial charge in [0.25, 0.3) is 0 Å². The number of aliphatic carboxylic acids is 1. The second-order valence-corrected chi connectivity index (χ2v) is 11.4. The summed E-state index contributed by atoms with van der Waals surface area (Å²) in [6, 6.07) is 4.41. The third-order valence-corrected chi connectivity index (χ3v) is 9.79. The van der Waals surface area contributed by atoms with Crippen LogP contribution in [-0.2, 0) is 14.4 Å². The fraction of sp³-hybridized carbons (Fsp3) is 0.615. The highest BCUT2D eigenvalue weighted by Gasteiger charge is 2.81. The molecule has 2 saturated carbocycles. The molecule has 0 bridgehead atoms. The van der Waals surface area contributed by atoms with Gasteiger partial charge in [-0.15, -0.1) is 0 Å². The van der Waals surface area contributed by atoms with Crippen molar-refractivity contribution in [2.45, 2.75) is 58.3 Å². The molecule has 0 saturated heterocycles. The van der Waals surface area contributed by atoms with E-state index in [-0.39, 0.29) is 11.3 Å². The number of carbonyl (C=O) groups is 4. The van der Waals surface area contributed by atoms with Gasteiger partial charge in [0.15, 0.2) is 17.2 Å². The first-order chi connectivity index (χ1) is 16.5. The Morgan fingerprint density at radius 3 is 2.19 bits per heavy atom. The molecule has 36 heavy (non-hydrogen) atoms. The minimum Gasteiger partial charge on any atom is -0.507 e. The summed E-state index contributed by atoms with van der Waals surface area (Å²) in [5.74, 6) is -12.8. The van der Waals surface area contributed by atoms with Gasteiger partial charge in [0, 0.05) is 10.8 Å². The van der Waals surface area contributed by atoms with E-state index < -0.39 is 87.6 Å². The Balaban J connectivity index is 2.13. The van der Waals surface area contributed by atoms with Crippen molar-refractivity contribution in [3.8, 4) is 5.75 Å². The Morgan fingerprint density at radius 1 is 1.11 bits per heavy atom. The number of aromatic hydroxyl groups is 1. The highest BCUT2D eigenvalue weighted by molar-refractivity contribution is 6.10. The first-order valence-electron chi connectivity index (χ1n) is 12.0. The van der Waals surface area contributed by atoms with Crippen molar-refractivity contribution in [2.75, 3.05) is 0 Å². The minimum atomic E-state index is -2.91. The smallest absolute Gasteiger partial charge is 0.307 e. The van der Waals surface area contributed by atoms with Crippen LogP contribution in [0.15, 0.2) is 18.2 Å². The van der Waals surface area contributed by atoms with Gasteiger partial charge in [-0.2, -0.15) is 0 Å². The first-order valence-corrected chi connectivity index (χ1v) is 12.0. The molecular formula is C26H33NO9. The molecule has 0 spiro atoms. The number of carbonyl (C=O) groups excluding carboxylic acids is 3. The number of aliphatic hydroxyl groups excluding tert-OH is 2. The second-order valence-electron chi connectivity index (χ2n) is 11.4. The van der Waals surface area contributed by atoms with Crippen LogP contribution >= 0.6 is 0 Å². The maximum atomic E-state index is 13.8. The maximum absolute atomic E-state index is 13.8. The van der Waals surface area contributed by atoms with Crippen LogP contribution in [0.4, 0.5) is 0 Å². The maximum Gasteiger partial charge on any atom is 0.307 e. The van der Waals surface area contributed by atoms with Gasteiger partial charge in [-0.3, -0.25) is 19.2 Å². The van der Waals surface area contributed by atoms with Crippen molar-refractivity contribution in [3.05, 3.63) is 29.3 Å². The van der Waals surface area contributed by atoms with Gasteiger partial charge < -0.3 is 31.3 Å². The van der Waals surface area contributed by atoms with Gasteiger partial charge in [-0.05, 0) is 29.4 Å². The highest BCUT2D eigenvalue weighted by atomic mass is 16.4. The summed E-state index contributed by atoms with van der Waals surface area (Å²) < 4.78 is 0. The molecular weight excluding hydrogens is 470 g/mol. The molecule has 0 aromatic heterocycles. The molecule has 0 aliphatic heterocycles. The predicted molar refractivity (Wildman–Crippen MR) is 125 cm³/mol. The number of Topliss-reactive ketones (excluding diaryl/α,β-unsaturated/α-hetero) is 2. The summed E-state index contributed by atoms with van der Waals surface area (Å²) in [6.07, 6.45) is -3.87. The van der Waals surface area contributed by atoms with Gasteiger partial charge in [-0.25, -0.2) is 0 Å². The van der Waals surface area contributed by atoms with Crippen molar-refractivity contribution in [2.24, 2.45) is 46.2 Å². The average Bonchev–Trinajstić information content (AvgIpc) is 2.74. The number of phenols is 1. The molecule has 0 heterocycles. The number of benzene rings is 1. The van der Waals surface area contributed by atoms with Gasteiger partial charge >= 0.3 is 5.97 Å². The Hall–Kier alpha value is -2.82. The fourth-order valence-corrected chi connectivity index (χ4v) is 8.29. The van der Waals surface area contributed by atoms with E-state index in [9.17, 15) is 44.7 Å². The van der Waals surface area contributed by atoms with Crippen LogP contribution in [0.5, 0.6) is 5.75 Å².